The van der Waals surface area contributed by atoms with Gasteiger partial charge in [0, 0.05) is 25.8 Å². The number of ether oxygens (including phenoxy) is 1. The molecule has 172 valence electrons. The van der Waals surface area contributed by atoms with Crippen LogP contribution in [-0.2, 0) is 27.5 Å². The van der Waals surface area contributed by atoms with Gasteiger partial charge in [0.2, 0.25) is 0 Å². The Kier molecular flexibility index (Phi) is 9.99. The maximum atomic E-state index is 12.4. The average molecular weight is 443 g/mol. The number of nitrogens with zero attached hydrogens (tertiary/aromatic N) is 1. The van der Waals surface area contributed by atoms with Gasteiger partial charge in [-0.2, -0.15) is 0 Å². The summed E-state index contributed by atoms with van der Waals surface area (Å²) in [4.78, 5) is 41.8. The lowest BCUT2D eigenvalue weighted by atomic mass is 10.1. The van der Waals surface area contributed by atoms with Crippen LogP contribution >= 0.6 is 0 Å². The Balaban J connectivity index is 1.77. The average Bonchev–Trinajstić information content (AvgIpc) is 2.82. The minimum atomic E-state index is -0.450. The lowest BCUT2D eigenvalue weighted by Crippen LogP contribution is -2.43. The van der Waals surface area contributed by atoms with Crippen molar-refractivity contribution in [3.8, 4) is 0 Å². The van der Waals surface area contributed by atoms with E-state index in [9.17, 15) is 14.4 Å². The van der Waals surface area contributed by atoms with Gasteiger partial charge in [-0.25, -0.2) is 14.7 Å². The number of carbonyl (C=O) groups is 3. The highest BCUT2D eigenvalue weighted by atomic mass is 16.7. The van der Waals surface area contributed by atoms with Crippen LogP contribution < -0.4 is 16.0 Å². The summed E-state index contributed by atoms with van der Waals surface area (Å²) in [5.74, 6) is -0.798. The van der Waals surface area contributed by atoms with Crippen molar-refractivity contribution in [1.29, 1.82) is 0 Å². The molecule has 2 rings (SSSR count). The van der Waals surface area contributed by atoms with E-state index in [2.05, 4.69) is 16.0 Å². The Labute approximate surface area is 188 Å². The molecule has 0 atom stereocenters. The zero-order valence-electron chi connectivity index (χ0n) is 18.6. The highest BCUT2D eigenvalue weighted by Gasteiger charge is 2.15. The summed E-state index contributed by atoms with van der Waals surface area (Å²) in [6.45, 7) is 4.34. The summed E-state index contributed by atoms with van der Waals surface area (Å²) in [6.07, 6.45) is 0. The second-order valence-electron chi connectivity index (χ2n) is 6.77. The van der Waals surface area contributed by atoms with Gasteiger partial charge < -0.3 is 20.7 Å². The molecule has 0 aliphatic heterocycles. The third-order valence-electron chi connectivity index (χ3n) is 4.49. The molecule has 0 heterocycles. The van der Waals surface area contributed by atoms with Crippen LogP contribution in [0.3, 0.4) is 0 Å². The molecule has 0 aliphatic rings. The lowest BCUT2D eigenvalue weighted by Gasteiger charge is -2.20. The molecular formula is C23H30N4O5. The first-order valence-corrected chi connectivity index (χ1v) is 10.4. The highest BCUT2D eigenvalue weighted by molar-refractivity contribution is 5.89. The quantitative estimate of drug-likeness (QED) is 0.365. The number of anilines is 1. The van der Waals surface area contributed by atoms with E-state index in [1.165, 1.54) is 5.06 Å². The summed E-state index contributed by atoms with van der Waals surface area (Å²) in [5, 5.41) is 9.44. The molecule has 9 nitrogen and oxygen atoms in total. The number of carbonyl (C=O) groups excluding carboxylic acids is 3. The van der Waals surface area contributed by atoms with E-state index in [-0.39, 0.29) is 19.1 Å². The normalized spacial score (nSPS) is 10.2. The van der Waals surface area contributed by atoms with Crippen LogP contribution in [0.15, 0.2) is 48.5 Å². The number of hydrogen-bond acceptors (Lipinski definition) is 6. The fourth-order valence-electron chi connectivity index (χ4n) is 2.77. The number of urea groups is 1. The zero-order valence-corrected chi connectivity index (χ0v) is 18.6. The molecule has 3 amide bonds. The first-order chi connectivity index (χ1) is 15.5. The molecule has 0 fully saturated rings. The van der Waals surface area contributed by atoms with E-state index in [4.69, 9.17) is 9.57 Å². The monoisotopic (exact) mass is 442 g/mol. The molecule has 32 heavy (non-hydrogen) atoms. The molecular weight excluding hydrogens is 412 g/mol. The van der Waals surface area contributed by atoms with Gasteiger partial charge in [-0.15, -0.1) is 0 Å². The summed E-state index contributed by atoms with van der Waals surface area (Å²) < 4.78 is 4.99. The number of esters is 1. The van der Waals surface area contributed by atoms with Crippen molar-refractivity contribution in [2.24, 2.45) is 0 Å². The molecule has 3 N–H and O–H groups in total. The SMILES string of the molecule is CCOC(=O)c1cccc(CON(CC)C(=O)CNC(=O)NCc2ccc(NC)cc2)c1. The van der Waals surface area contributed by atoms with Crippen LogP contribution in [0.25, 0.3) is 0 Å². The van der Waals surface area contributed by atoms with Crippen molar-refractivity contribution in [2.45, 2.75) is 27.0 Å². The maximum Gasteiger partial charge on any atom is 0.338 e. The van der Waals surface area contributed by atoms with Crippen LogP contribution in [0.4, 0.5) is 10.5 Å². The van der Waals surface area contributed by atoms with Gasteiger partial charge in [0.15, 0.2) is 0 Å². The van der Waals surface area contributed by atoms with Crippen molar-refractivity contribution >= 4 is 23.6 Å². The van der Waals surface area contributed by atoms with Crippen molar-refractivity contribution < 1.29 is 24.0 Å². The van der Waals surface area contributed by atoms with Gasteiger partial charge in [0.1, 0.15) is 13.2 Å². The molecule has 0 saturated carbocycles. The smallest absolute Gasteiger partial charge is 0.338 e. The number of benzene rings is 2. The van der Waals surface area contributed by atoms with Crippen LogP contribution in [0, 0.1) is 0 Å². The van der Waals surface area contributed by atoms with E-state index in [0.29, 0.717) is 25.3 Å². The minimum absolute atomic E-state index is 0.0988. The molecule has 0 saturated heterocycles. The molecule has 2 aromatic rings. The number of hydroxylamine groups is 2. The molecule has 2 aromatic carbocycles. The molecule has 0 spiro atoms. The van der Waals surface area contributed by atoms with Gasteiger partial charge >= 0.3 is 12.0 Å². The molecule has 9 heteroatoms. The number of likely N-dealkylation sites (N-methyl/N-ethyl adjacent to an activating group) is 1. The lowest BCUT2D eigenvalue weighted by molar-refractivity contribution is -0.189. The van der Waals surface area contributed by atoms with E-state index in [1.54, 1.807) is 38.1 Å². The maximum absolute atomic E-state index is 12.4. The van der Waals surface area contributed by atoms with E-state index >= 15 is 0 Å². The van der Waals surface area contributed by atoms with Gasteiger partial charge in [0.25, 0.3) is 5.91 Å². The standard InChI is InChI=1S/C23H30N4O5/c1-4-27(32-16-18-7-6-8-19(13-18)22(29)31-5-2)21(28)15-26-23(30)25-14-17-9-11-20(24-3)12-10-17/h6-13,24H,4-5,14-16H2,1-3H3,(H2,25,26,30). The first-order valence-electron chi connectivity index (χ1n) is 10.4. The molecule has 0 aliphatic carbocycles. The van der Waals surface area contributed by atoms with Crippen LogP contribution in [0.5, 0.6) is 0 Å². The van der Waals surface area contributed by atoms with E-state index in [0.717, 1.165) is 16.8 Å². The van der Waals surface area contributed by atoms with Crippen molar-refractivity contribution in [2.75, 3.05) is 32.1 Å². The Morgan fingerprint density at radius 1 is 0.969 bits per heavy atom. The van der Waals surface area contributed by atoms with Gasteiger partial charge in [-0.1, -0.05) is 24.3 Å². The summed E-state index contributed by atoms with van der Waals surface area (Å²) in [6, 6.07) is 14.0. The summed E-state index contributed by atoms with van der Waals surface area (Å²) >= 11 is 0. The number of amides is 3. The predicted molar refractivity (Wildman–Crippen MR) is 121 cm³/mol. The first kappa shape index (κ1) is 24.7. The van der Waals surface area contributed by atoms with Crippen molar-refractivity contribution in [3.05, 3.63) is 65.2 Å². The van der Waals surface area contributed by atoms with E-state index in [1.807, 2.05) is 31.3 Å². The van der Waals surface area contributed by atoms with Crippen molar-refractivity contribution in [3.63, 3.8) is 0 Å². The van der Waals surface area contributed by atoms with Gasteiger partial charge in [-0.05, 0) is 49.2 Å². The van der Waals surface area contributed by atoms with Crippen molar-refractivity contribution in [1.82, 2.24) is 15.7 Å². The van der Waals surface area contributed by atoms with Crippen LogP contribution in [0.1, 0.15) is 35.3 Å². The molecule has 0 aromatic heterocycles. The fraction of sp³-hybridized carbons (Fsp3) is 0.348. The third-order valence-corrected chi connectivity index (χ3v) is 4.49. The number of rotatable bonds is 11. The highest BCUT2D eigenvalue weighted by Crippen LogP contribution is 2.10. The molecule has 0 bridgehead atoms. The number of hydrogen-bond donors (Lipinski definition) is 3. The minimum Gasteiger partial charge on any atom is -0.462 e. The fourth-order valence-corrected chi connectivity index (χ4v) is 2.77. The second-order valence-corrected chi connectivity index (χ2v) is 6.77. The topological polar surface area (TPSA) is 109 Å². The van der Waals surface area contributed by atoms with Crippen LogP contribution in [0.2, 0.25) is 0 Å². The van der Waals surface area contributed by atoms with Gasteiger partial charge in [-0.3, -0.25) is 9.63 Å². The Hall–Kier alpha value is -3.59. The Morgan fingerprint density at radius 2 is 1.72 bits per heavy atom. The Bertz CT molecular complexity index is 902. The summed E-state index contributed by atoms with van der Waals surface area (Å²) in [5.41, 5.74) is 3.06. The van der Waals surface area contributed by atoms with Gasteiger partial charge in [0.05, 0.1) is 12.2 Å². The Morgan fingerprint density at radius 3 is 2.38 bits per heavy atom. The largest absolute Gasteiger partial charge is 0.462 e. The second kappa shape index (κ2) is 13.0. The third kappa shape index (κ3) is 7.92. The number of nitrogens with one attached hydrogen (secondary N) is 3. The summed E-state index contributed by atoms with van der Waals surface area (Å²) in [7, 11) is 1.83. The molecule has 0 radical (unpaired) electrons. The van der Waals surface area contributed by atoms with E-state index < -0.39 is 12.0 Å². The predicted octanol–water partition coefficient (Wildman–Crippen LogP) is 2.68. The zero-order chi connectivity index (χ0) is 23.3. The van der Waals surface area contributed by atoms with Crippen LogP contribution in [-0.4, -0.2) is 49.7 Å². The molecule has 0 unspecified atom stereocenters.